The second-order valence-corrected chi connectivity index (χ2v) is 5.75. The van der Waals surface area contributed by atoms with Crippen LogP contribution in [0.3, 0.4) is 0 Å². The summed E-state index contributed by atoms with van der Waals surface area (Å²) < 4.78 is 6.73. The van der Waals surface area contributed by atoms with Crippen LogP contribution in [0.2, 0.25) is 0 Å². The van der Waals surface area contributed by atoms with Gasteiger partial charge in [-0.25, -0.2) is 9.97 Å². The lowest BCUT2D eigenvalue weighted by Crippen LogP contribution is -2.00. The minimum atomic E-state index is 0.0238. The summed E-state index contributed by atoms with van der Waals surface area (Å²) in [6, 6.07) is 7.45. The van der Waals surface area contributed by atoms with Crippen LogP contribution in [0.4, 0.5) is 0 Å². The van der Waals surface area contributed by atoms with Gasteiger partial charge in [0.2, 0.25) is 11.8 Å². The number of hydrogen-bond acceptors (Lipinski definition) is 4. The third-order valence-corrected chi connectivity index (χ3v) is 3.84. The van der Waals surface area contributed by atoms with E-state index < -0.39 is 0 Å². The molecule has 0 fully saturated rings. The largest absolute Gasteiger partial charge is 0.493 e. The molecule has 1 N–H and O–H groups in total. The number of nitrogens with zero attached hydrogens (tertiary/aromatic N) is 2. The summed E-state index contributed by atoms with van der Waals surface area (Å²) in [5.74, 6) is 0.590. The molecule has 4 nitrogen and oxygen atoms in total. The maximum atomic E-state index is 10.1. The second-order valence-electron chi connectivity index (χ2n) is 4.84. The Labute approximate surface area is 130 Å². The predicted molar refractivity (Wildman–Crippen MR) is 86.8 cm³/mol. The average Bonchev–Trinajstić information content (AvgIpc) is 2.47. The van der Waals surface area contributed by atoms with Crippen molar-refractivity contribution < 1.29 is 9.84 Å². The highest BCUT2D eigenvalue weighted by atomic mass is 79.9. The summed E-state index contributed by atoms with van der Waals surface area (Å²) in [6.45, 7) is 2.74. The summed E-state index contributed by atoms with van der Waals surface area (Å²) in [5, 5.41) is 12.5. The molecule has 0 unspecified atom stereocenters. The molecule has 0 saturated heterocycles. The van der Waals surface area contributed by atoms with E-state index >= 15 is 0 Å². The van der Waals surface area contributed by atoms with Crippen molar-refractivity contribution in [2.24, 2.45) is 0 Å². The van der Waals surface area contributed by atoms with Crippen molar-refractivity contribution >= 4 is 37.6 Å². The van der Waals surface area contributed by atoms with Gasteiger partial charge in [0.25, 0.3) is 0 Å². The molecule has 3 aromatic rings. The van der Waals surface area contributed by atoms with Gasteiger partial charge in [0.05, 0.1) is 17.5 Å². The number of unbranched alkanes of at least 4 members (excludes halogenated alkanes) is 1. The first-order chi connectivity index (χ1) is 10.2. The topological polar surface area (TPSA) is 55.2 Å². The number of ether oxygens (including phenoxy) is 1. The SMILES string of the molecule is CCCCOc1nccc2nc(O)c3ccc(Br)cc3c12. The number of hydrogen-bond donors (Lipinski definition) is 1. The maximum Gasteiger partial charge on any atom is 0.223 e. The summed E-state index contributed by atoms with van der Waals surface area (Å²) in [5.41, 5.74) is 0.680. The highest BCUT2D eigenvalue weighted by molar-refractivity contribution is 9.10. The van der Waals surface area contributed by atoms with Crippen LogP contribution in [-0.2, 0) is 0 Å². The molecule has 0 bridgehead atoms. The van der Waals surface area contributed by atoms with Crippen molar-refractivity contribution in [3.05, 3.63) is 34.9 Å². The number of rotatable bonds is 4. The van der Waals surface area contributed by atoms with Crippen LogP contribution in [0.5, 0.6) is 11.8 Å². The van der Waals surface area contributed by atoms with Crippen LogP contribution in [0.15, 0.2) is 34.9 Å². The molecular weight excluding hydrogens is 332 g/mol. The Balaban J connectivity index is 2.27. The molecule has 2 heterocycles. The van der Waals surface area contributed by atoms with Crippen LogP contribution in [-0.4, -0.2) is 21.7 Å². The van der Waals surface area contributed by atoms with Gasteiger partial charge in [-0.05, 0) is 30.7 Å². The highest BCUT2D eigenvalue weighted by Gasteiger charge is 2.13. The number of benzene rings is 1. The summed E-state index contributed by atoms with van der Waals surface area (Å²) in [7, 11) is 0. The average molecular weight is 347 g/mol. The van der Waals surface area contributed by atoms with Gasteiger partial charge in [-0.15, -0.1) is 0 Å². The van der Waals surface area contributed by atoms with Crippen LogP contribution in [0.1, 0.15) is 19.8 Å². The second kappa shape index (κ2) is 5.85. The Morgan fingerprint density at radius 1 is 1.24 bits per heavy atom. The zero-order valence-electron chi connectivity index (χ0n) is 11.6. The highest BCUT2D eigenvalue weighted by Crippen LogP contribution is 2.35. The van der Waals surface area contributed by atoms with Crippen molar-refractivity contribution in [1.29, 1.82) is 0 Å². The van der Waals surface area contributed by atoms with Crippen LogP contribution >= 0.6 is 15.9 Å². The van der Waals surface area contributed by atoms with Gasteiger partial charge in [-0.3, -0.25) is 0 Å². The van der Waals surface area contributed by atoms with Crippen molar-refractivity contribution in [3.8, 4) is 11.8 Å². The molecule has 5 heteroatoms. The molecule has 0 atom stereocenters. The summed E-state index contributed by atoms with van der Waals surface area (Å²) >= 11 is 3.47. The smallest absolute Gasteiger partial charge is 0.223 e. The molecule has 3 rings (SSSR count). The molecule has 0 aliphatic carbocycles. The van der Waals surface area contributed by atoms with E-state index in [0.29, 0.717) is 23.4 Å². The first-order valence-electron chi connectivity index (χ1n) is 6.90. The van der Waals surface area contributed by atoms with Crippen molar-refractivity contribution in [3.63, 3.8) is 0 Å². The Kier molecular flexibility index (Phi) is 3.92. The zero-order valence-corrected chi connectivity index (χ0v) is 13.2. The first kappa shape index (κ1) is 14.1. The van der Waals surface area contributed by atoms with Crippen molar-refractivity contribution in [1.82, 2.24) is 9.97 Å². The molecule has 0 spiro atoms. The summed E-state index contributed by atoms with van der Waals surface area (Å²) in [4.78, 5) is 8.57. The lowest BCUT2D eigenvalue weighted by molar-refractivity contribution is 0.302. The van der Waals surface area contributed by atoms with Gasteiger partial charge >= 0.3 is 0 Å². The molecule has 108 valence electrons. The van der Waals surface area contributed by atoms with E-state index in [-0.39, 0.29) is 5.88 Å². The number of fused-ring (bicyclic) bond motifs is 3. The van der Waals surface area contributed by atoms with Gasteiger partial charge < -0.3 is 9.84 Å². The molecule has 0 radical (unpaired) electrons. The molecule has 2 aromatic heterocycles. The monoisotopic (exact) mass is 346 g/mol. The molecule has 0 aliphatic rings. The lowest BCUT2D eigenvalue weighted by Gasteiger charge is -2.11. The molecule has 21 heavy (non-hydrogen) atoms. The third-order valence-electron chi connectivity index (χ3n) is 3.35. The molecule has 0 amide bonds. The minimum Gasteiger partial charge on any atom is -0.493 e. The van der Waals surface area contributed by atoms with E-state index in [1.165, 1.54) is 0 Å². The standard InChI is InChI=1S/C16H15BrN2O2/c1-2-3-8-21-16-14-12-9-10(17)4-5-11(12)15(20)19-13(14)6-7-18-16/h4-7,9H,2-3,8H2,1H3,(H,19,20). The van der Waals surface area contributed by atoms with Crippen molar-refractivity contribution in [2.75, 3.05) is 6.61 Å². The van der Waals surface area contributed by atoms with E-state index in [0.717, 1.165) is 28.1 Å². The van der Waals surface area contributed by atoms with Crippen LogP contribution in [0.25, 0.3) is 21.7 Å². The Morgan fingerprint density at radius 3 is 2.90 bits per heavy atom. The van der Waals surface area contributed by atoms with Crippen LogP contribution in [0, 0.1) is 0 Å². The van der Waals surface area contributed by atoms with E-state index in [1.807, 2.05) is 18.2 Å². The van der Waals surface area contributed by atoms with Gasteiger partial charge in [-0.1, -0.05) is 29.3 Å². The van der Waals surface area contributed by atoms with Gasteiger partial charge in [0.15, 0.2) is 0 Å². The van der Waals surface area contributed by atoms with Crippen LogP contribution < -0.4 is 4.74 Å². The summed E-state index contributed by atoms with van der Waals surface area (Å²) in [6.07, 6.45) is 3.70. The molecule has 0 aliphatic heterocycles. The maximum absolute atomic E-state index is 10.1. The number of aromatic nitrogens is 2. The van der Waals surface area contributed by atoms with Gasteiger partial charge in [-0.2, -0.15) is 0 Å². The lowest BCUT2D eigenvalue weighted by atomic mass is 10.1. The number of aromatic hydroxyl groups is 1. The fraction of sp³-hybridized carbons (Fsp3) is 0.250. The number of pyridine rings is 2. The Bertz CT molecular complexity index is 805. The normalized spacial score (nSPS) is 11.1. The van der Waals surface area contributed by atoms with Gasteiger partial charge in [0, 0.05) is 21.4 Å². The fourth-order valence-electron chi connectivity index (χ4n) is 2.29. The van der Waals surface area contributed by atoms with E-state index in [2.05, 4.69) is 32.8 Å². The third kappa shape index (κ3) is 2.65. The van der Waals surface area contributed by atoms with Gasteiger partial charge in [0.1, 0.15) is 0 Å². The zero-order chi connectivity index (χ0) is 14.8. The molecule has 1 aromatic carbocycles. The van der Waals surface area contributed by atoms with Crippen molar-refractivity contribution in [2.45, 2.75) is 19.8 Å². The fourth-order valence-corrected chi connectivity index (χ4v) is 2.66. The first-order valence-corrected chi connectivity index (χ1v) is 7.69. The minimum absolute atomic E-state index is 0.0238. The van der Waals surface area contributed by atoms with E-state index in [4.69, 9.17) is 4.74 Å². The quantitative estimate of drug-likeness (QED) is 0.560. The predicted octanol–water partition coefficient (Wildman–Crippen LogP) is 4.43. The van der Waals surface area contributed by atoms with E-state index in [9.17, 15) is 5.11 Å². The molecule has 0 saturated carbocycles. The Morgan fingerprint density at radius 2 is 2.10 bits per heavy atom. The molecular formula is C16H15BrN2O2. The Hall–Kier alpha value is -1.88. The number of halogens is 1. The van der Waals surface area contributed by atoms with E-state index in [1.54, 1.807) is 12.3 Å².